The fourth-order valence-corrected chi connectivity index (χ4v) is 4.94. The van der Waals surface area contributed by atoms with E-state index < -0.39 is 33.7 Å². The summed E-state index contributed by atoms with van der Waals surface area (Å²) in [4.78, 5) is 21.5. The van der Waals surface area contributed by atoms with Crippen LogP contribution in [0.15, 0.2) is 17.1 Å². The smallest absolute Gasteiger partial charge is 0.269 e. The van der Waals surface area contributed by atoms with Crippen molar-refractivity contribution in [3.8, 4) is 0 Å². The fraction of sp³-hybridized carbons (Fsp3) is 0.632. The molecule has 2 aromatic rings. The minimum absolute atomic E-state index is 0.0146. The van der Waals surface area contributed by atoms with Crippen molar-refractivity contribution in [3.63, 3.8) is 0 Å². The molecule has 0 aromatic carbocycles. The number of pyridine rings is 1. The molecule has 2 fully saturated rings. The molecule has 2 aliphatic rings. The summed E-state index contributed by atoms with van der Waals surface area (Å²) in [6, 6.07) is 0.412. The Balaban J connectivity index is 1.61. The van der Waals surface area contributed by atoms with E-state index in [1.165, 1.54) is 10.8 Å². The van der Waals surface area contributed by atoms with Crippen molar-refractivity contribution in [2.45, 2.75) is 57.0 Å². The van der Waals surface area contributed by atoms with Crippen LogP contribution in [0.25, 0.3) is 11.0 Å². The molecule has 164 valence electrons. The zero-order chi connectivity index (χ0) is 24.9. The van der Waals surface area contributed by atoms with E-state index in [1.807, 2.05) is 0 Å². The fourth-order valence-electron chi connectivity index (χ4n) is 4.25. The first-order valence-corrected chi connectivity index (χ1v) is 11.3. The average Bonchev–Trinajstić information content (AvgIpc) is 3.26. The summed E-state index contributed by atoms with van der Waals surface area (Å²) in [5.41, 5.74) is -1.66. The van der Waals surface area contributed by atoms with Gasteiger partial charge in [0.25, 0.3) is 12.0 Å². The topological polar surface area (TPSA) is 97.2 Å². The Hall–Kier alpha value is -2.14. The summed E-state index contributed by atoms with van der Waals surface area (Å²) in [6.45, 7) is 0.0292. The van der Waals surface area contributed by atoms with Gasteiger partial charge in [-0.3, -0.25) is 9.36 Å². The number of nitrogens with one attached hydrogen (secondary N) is 1. The van der Waals surface area contributed by atoms with Gasteiger partial charge in [-0.25, -0.2) is 26.5 Å². The number of alkyl halides is 2. The molecule has 3 heterocycles. The van der Waals surface area contributed by atoms with E-state index in [0.29, 0.717) is 25.7 Å². The van der Waals surface area contributed by atoms with Crippen LogP contribution in [-0.4, -0.2) is 52.6 Å². The first-order valence-electron chi connectivity index (χ1n) is 11.9. The Bertz CT molecular complexity index is 1240. The molecule has 0 amide bonds. The maximum absolute atomic E-state index is 13.8. The van der Waals surface area contributed by atoms with E-state index in [-0.39, 0.29) is 42.2 Å². The standard InChI is InChI=1S/C19H25F2N5O3S/c1-30(28,29)25-8-6-13(7-9-25)23-19-22-11-12-10-15(16(20)21)18(27)26(17(12)24-19)14-4-2-3-5-14/h10-11,13-14,16H,2-9H2,1H3,(H,22,23,24)/i1D3,16D. The lowest BCUT2D eigenvalue weighted by Crippen LogP contribution is -2.42. The highest BCUT2D eigenvalue weighted by atomic mass is 32.2. The second-order valence-electron chi connectivity index (χ2n) is 7.73. The lowest BCUT2D eigenvalue weighted by atomic mass is 10.1. The third-order valence-corrected chi connectivity index (χ3v) is 6.84. The number of hydrogen-bond acceptors (Lipinski definition) is 6. The summed E-state index contributed by atoms with van der Waals surface area (Å²) in [6.07, 6.45) is -2.22. The summed E-state index contributed by atoms with van der Waals surface area (Å²) in [5.74, 6) is 0.154. The van der Waals surface area contributed by atoms with Crippen LogP contribution in [0.3, 0.4) is 0 Å². The lowest BCUT2D eigenvalue weighted by Gasteiger charge is -2.30. The van der Waals surface area contributed by atoms with Gasteiger partial charge in [0, 0.05) is 40.9 Å². The van der Waals surface area contributed by atoms with Crippen LogP contribution in [0.4, 0.5) is 14.7 Å². The second kappa shape index (κ2) is 8.18. The van der Waals surface area contributed by atoms with Crippen molar-refractivity contribution >= 4 is 27.0 Å². The molecular formula is C19H25F2N5O3S. The van der Waals surface area contributed by atoms with Crippen LogP contribution >= 0.6 is 0 Å². The second-order valence-corrected chi connectivity index (χ2v) is 9.19. The molecule has 8 nitrogen and oxygen atoms in total. The van der Waals surface area contributed by atoms with Crippen LogP contribution < -0.4 is 10.9 Å². The zero-order valence-corrected chi connectivity index (χ0v) is 17.0. The third-order valence-electron chi connectivity index (χ3n) is 5.79. The number of fused-ring (bicyclic) bond motifs is 1. The highest BCUT2D eigenvalue weighted by Crippen LogP contribution is 2.32. The number of nitrogens with zero attached hydrogens (tertiary/aromatic N) is 4. The highest BCUT2D eigenvalue weighted by molar-refractivity contribution is 7.88. The number of halogens is 2. The van der Waals surface area contributed by atoms with Gasteiger partial charge in [-0.05, 0) is 31.7 Å². The maximum Gasteiger partial charge on any atom is 0.269 e. The molecule has 1 aliphatic carbocycles. The SMILES string of the molecule is [2H]C(F)(F)c1cc2cnc(NC3CCN(S(=O)(=O)C([2H])([2H])[2H])CC3)nc2n(C2CCCC2)c1=O. The monoisotopic (exact) mass is 445 g/mol. The van der Waals surface area contributed by atoms with Gasteiger partial charge in [-0.1, -0.05) is 12.8 Å². The zero-order valence-electron chi connectivity index (χ0n) is 20.1. The number of anilines is 1. The maximum atomic E-state index is 13.8. The Morgan fingerprint density at radius 3 is 2.60 bits per heavy atom. The molecule has 0 atom stereocenters. The molecule has 11 heteroatoms. The van der Waals surface area contributed by atoms with E-state index in [2.05, 4.69) is 15.3 Å². The van der Waals surface area contributed by atoms with Crippen LogP contribution in [0.5, 0.6) is 0 Å². The van der Waals surface area contributed by atoms with Crippen LogP contribution in [0.2, 0.25) is 0 Å². The molecule has 30 heavy (non-hydrogen) atoms. The Morgan fingerprint density at radius 2 is 1.97 bits per heavy atom. The molecule has 1 saturated heterocycles. The molecule has 4 rings (SSSR count). The number of hydrogen-bond donors (Lipinski definition) is 1. The van der Waals surface area contributed by atoms with Gasteiger partial charge in [-0.2, -0.15) is 4.98 Å². The Morgan fingerprint density at radius 1 is 1.27 bits per heavy atom. The van der Waals surface area contributed by atoms with Crippen molar-refractivity contribution in [2.24, 2.45) is 0 Å². The van der Waals surface area contributed by atoms with E-state index in [4.69, 9.17) is 5.48 Å². The predicted molar refractivity (Wildman–Crippen MR) is 109 cm³/mol. The van der Waals surface area contributed by atoms with E-state index in [9.17, 15) is 22.0 Å². The molecule has 1 aliphatic heterocycles. The van der Waals surface area contributed by atoms with Crippen molar-refractivity contribution in [2.75, 3.05) is 24.6 Å². The number of piperidine rings is 1. The van der Waals surface area contributed by atoms with Gasteiger partial charge in [0.1, 0.15) is 7.02 Å². The highest BCUT2D eigenvalue weighted by Gasteiger charge is 2.27. The average molecular weight is 446 g/mol. The van der Waals surface area contributed by atoms with Crippen molar-refractivity contribution in [1.82, 2.24) is 18.8 Å². The largest absolute Gasteiger partial charge is 0.351 e. The minimum Gasteiger partial charge on any atom is -0.351 e. The number of rotatable bonds is 5. The van der Waals surface area contributed by atoms with Gasteiger partial charge in [-0.15, -0.1) is 0 Å². The molecule has 2 aromatic heterocycles. The first-order chi connectivity index (χ1) is 15.8. The van der Waals surface area contributed by atoms with Crippen LogP contribution in [0, 0.1) is 0 Å². The molecule has 0 unspecified atom stereocenters. The molecule has 0 bridgehead atoms. The third kappa shape index (κ3) is 4.18. The van der Waals surface area contributed by atoms with Crippen LogP contribution in [0.1, 0.15) is 62.0 Å². The number of sulfonamides is 1. The Kier molecular flexibility index (Phi) is 4.51. The summed E-state index contributed by atoms with van der Waals surface area (Å²) in [5, 5.41) is 3.30. The molecule has 1 N–H and O–H groups in total. The normalized spacial score (nSPS) is 22.5. The minimum atomic E-state index is -4.40. The van der Waals surface area contributed by atoms with Gasteiger partial charge in [0.05, 0.1) is 11.7 Å². The van der Waals surface area contributed by atoms with Crippen molar-refractivity contribution in [1.29, 1.82) is 0 Å². The summed E-state index contributed by atoms with van der Waals surface area (Å²) >= 11 is 0. The van der Waals surface area contributed by atoms with Gasteiger partial charge in [0.2, 0.25) is 16.0 Å². The van der Waals surface area contributed by atoms with Gasteiger partial charge in [0.15, 0.2) is 0 Å². The quantitative estimate of drug-likeness (QED) is 0.760. The van der Waals surface area contributed by atoms with Gasteiger partial charge < -0.3 is 5.32 Å². The molecule has 0 radical (unpaired) electrons. The lowest BCUT2D eigenvalue weighted by molar-refractivity contribution is 0.149. The molecule has 0 spiro atoms. The summed E-state index contributed by atoms with van der Waals surface area (Å²) in [7, 11) is -4.40. The first kappa shape index (κ1) is 16.5. The van der Waals surface area contributed by atoms with Crippen LogP contribution in [-0.2, 0) is 10.0 Å². The van der Waals surface area contributed by atoms with Crippen molar-refractivity contribution in [3.05, 3.63) is 28.2 Å². The number of aromatic nitrogens is 3. The van der Waals surface area contributed by atoms with E-state index in [1.54, 1.807) is 0 Å². The predicted octanol–water partition coefficient (Wildman–Crippen LogP) is 2.68. The van der Waals surface area contributed by atoms with Crippen molar-refractivity contribution < 1.29 is 22.7 Å². The van der Waals surface area contributed by atoms with Gasteiger partial charge >= 0.3 is 0 Å². The Labute approximate surface area is 179 Å². The molecular weight excluding hydrogens is 416 g/mol. The summed E-state index contributed by atoms with van der Waals surface area (Å²) < 4.78 is 82.8. The molecule has 1 saturated carbocycles. The van der Waals surface area contributed by atoms with E-state index >= 15 is 0 Å². The van der Waals surface area contributed by atoms with E-state index in [0.717, 1.165) is 23.2 Å².